The van der Waals surface area contributed by atoms with E-state index in [0.717, 1.165) is 67.1 Å². The van der Waals surface area contributed by atoms with E-state index in [9.17, 15) is 5.11 Å². The summed E-state index contributed by atoms with van der Waals surface area (Å²) < 4.78 is 16.7. The smallest absolute Gasteiger partial charge is 0.125 e. The Morgan fingerprint density at radius 1 is 0.648 bits per heavy atom. The Bertz CT molecular complexity index is 1600. The van der Waals surface area contributed by atoms with E-state index >= 15 is 0 Å². The first-order valence-corrected chi connectivity index (χ1v) is 22.2. The van der Waals surface area contributed by atoms with Gasteiger partial charge in [0.15, 0.2) is 0 Å². The molecule has 9 heteroatoms. The lowest BCUT2D eigenvalue weighted by Gasteiger charge is -2.25. The highest BCUT2D eigenvalue weighted by Gasteiger charge is 2.23. The molecule has 3 heterocycles. The highest BCUT2D eigenvalue weighted by atomic mass is 31.1. The van der Waals surface area contributed by atoms with Gasteiger partial charge in [-0.1, -0.05) is 97.8 Å². The van der Waals surface area contributed by atoms with Gasteiger partial charge in [0.05, 0.1) is 32.0 Å². The van der Waals surface area contributed by atoms with Gasteiger partial charge in [-0.15, -0.1) is 7.92 Å². The first-order valence-electron chi connectivity index (χ1n) is 19.5. The van der Waals surface area contributed by atoms with E-state index in [1.807, 2.05) is 12.1 Å². The first-order chi connectivity index (χ1) is 25.1. The summed E-state index contributed by atoms with van der Waals surface area (Å²) in [5, 5.41) is 13.8. The van der Waals surface area contributed by atoms with E-state index in [1.165, 1.54) is 22.3 Å². The molecular formula is C45H69N4O4P. The summed E-state index contributed by atoms with van der Waals surface area (Å²) in [6.07, 6.45) is 5.13. The predicted molar refractivity (Wildman–Crippen MR) is 228 cm³/mol. The fourth-order valence-electron chi connectivity index (χ4n) is 6.67. The van der Waals surface area contributed by atoms with Gasteiger partial charge in [-0.05, 0) is 108 Å². The third kappa shape index (κ3) is 15.8. The van der Waals surface area contributed by atoms with Crippen LogP contribution in [0.25, 0.3) is 10.4 Å². The molecule has 0 saturated heterocycles. The number of rotatable bonds is 4. The lowest BCUT2D eigenvalue weighted by Crippen LogP contribution is -2.21. The van der Waals surface area contributed by atoms with E-state index in [1.54, 1.807) is 0 Å². The van der Waals surface area contributed by atoms with Gasteiger partial charge >= 0.3 is 0 Å². The molecule has 0 aromatic heterocycles. The standard InChI is InChI=1S/C14H19N3O.C14H21NO.C14H20O2.C3H9P/c1-14(2,3)9-10-4-5-13-11(8-10)12(16-17-15)6-7-18-13;2*1-14(2,3)9-10-4-5-13-11(8-10)12(15)6-7-16-13;1-4(2)3/h4-5,8,12H,6-7,9H2,1-3H3;4-5,8,12H,6-7,9,15H2,1-3H3;4-5,8,12,15H,6-7,9H2,1-3H3;1-3H3/t3*12-;/m001./s1. The number of azide groups is 1. The molecule has 3 aromatic carbocycles. The van der Waals surface area contributed by atoms with Crippen LogP contribution < -0.4 is 19.9 Å². The van der Waals surface area contributed by atoms with Crippen LogP contribution in [0.2, 0.25) is 0 Å². The molecule has 8 nitrogen and oxygen atoms in total. The molecule has 0 bridgehead atoms. The van der Waals surface area contributed by atoms with Crippen LogP contribution in [0.3, 0.4) is 0 Å². The predicted octanol–water partition coefficient (Wildman–Crippen LogP) is 11.9. The van der Waals surface area contributed by atoms with E-state index in [0.29, 0.717) is 33.0 Å². The van der Waals surface area contributed by atoms with Crippen molar-refractivity contribution in [2.75, 3.05) is 39.8 Å². The van der Waals surface area contributed by atoms with E-state index in [-0.39, 0.29) is 29.0 Å². The zero-order valence-electron chi connectivity index (χ0n) is 35.3. The van der Waals surface area contributed by atoms with Crippen molar-refractivity contribution in [2.24, 2.45) is 27.1 Å². The molecular weight excluding hydrogens is 691 g/mol. The molecule has 298 valence electrons. The van der Waals surface area contributed by atoms with E-state index < -0.39 is 0 Å². The summed E-state index contributed by atoms with van der Waals surface area (Å²) in [6.45, 7) is 28.7. The molecule has 0 fully saturated rings. The van der Waals surface area contributed by atoms with Crippen molar-refractivity contribution in [3.05, 3.63) is 98.4 Å². The van der Waals surface area contributed by atoms with Crippen molar-refractivity contribution < 1.29 is 19.3 Å². The Morgan fingerprint density at radius 3 is 1.46 bits per heavy atom. The third-order valence-corrected chi connectivity index (χ3v) is 8.72. The Labute approximate surface area is 328 Å². The number of aliphatic hydroxyl groups excluding tert-OH is 1. The number of hydrogen-bond acceptors (Lipinski definition) is 6. The normalized spacial score (nSPS) is 18.8. The van der Waals surface area contributed by atoms with Crippen molar-refractivity contribution in [1.82, 2.24) is 0 Å². The lowest BCUT2D eigenvalue weighted by molar-refractivity contribution is 0.115. The minimum Gasteiger partial charge on any atom is -0.493 e. The highest BCUT2D eigenvalue weighted by Crippen LogP contribution is 2.37. The minimum absolute atomic E-state index is 0.0846. The van der Waals surface area contributed by atoms with Crippen LogP contribution in [0.5, 0.6) is 17.2 Å². The maximum atomic E-state index is 9.90. The van der Waals surface area contributed by atoms with Gasteiger partial charge in [0.2, 0.25) is 0 Å². The van der Waals surface area contributed by atoms with Crippen molar-refractivity contribution in [2.45, 2.75) is 119 Å². The van der Waals surface area contributed by atoms with E-state index in [2.05, 4.69) is 135 Å². The Kier molecular flexibility index (Phi) is 16.8. The maximum Gasteiger partial charge on any atom is 0.125 e. The van der Waals surface area contributed by atoms with E-state index in [4.69, 9.17) is 25.5 Å². The lowest BCUT2D eigenvalue weighted by atomic mass is 9.86. The third-order valence-electron chi connectivity index (χ3n) is 8.72. The van der Waals surface area contributed by atoms with Crippen molar-refractivity contribution in [3.8, 4) is 17.2 Å². The Morgan fingerprint density at radius 2 is 1.02 bits per heavy atom. The van der Waals surface area contributed by atoms with Crippen molar-refractivity contribution in [1.29, 1.82) is 0 Å². The summed E-state index contributed by atoms with van der Waals surface area (Å²) in [5.74, 6) is 2.67. The van der Waals surface area contributed by atoms with Gasteiger partial charge in [-0.3, -0.25) is 0 Å². The van der Waals surface area contributed by atoms with Crippen LogP contribution in [-0.2, 0) is 19.3 Å². The summed E-state index contributed by atoms with van der Waals surface area (Å²) in [7, 11) is 0.380. The van der Waals surface area contributed by atoms with Crippen LogP contribution in [-0.4, -0.2) is 44.9 Å². The molecule has 3 aliphatic heterocycles. The minimum atomic E-state index is -0.358. The number of ether oxygens (including phenoxy) is 3. The number of benzene rings is 3. The summed E-state index contributed by atoms with van der Waals surface area (Å²) >= 11 is 0. The largest absolute Gasteiger partial charge is 0.493 e. The van der Waals surface area contributed by atoms with Gasteiger partial charge in [-0.25, -0.2) is 0 Å². The number of hydrogen-bond donors (Lipinski definition) is 2. The molecule has 3 aliphatic rings. The van der Waals surface area contributed by atoms with Crippen LogP contribution in [0.4, 0.5) is 0 Å². The topological polar surface area (TPSA) is 123 Å². The molecule has 54 heavy (non-hydrogen) atoms. The average molecular weight is 761 g/mol. The van der Waals surface area contributed by atoms with Gasteiger partial charge < -0.3 is 25.1 Å². The molecule has 0 amide bonds. The zero-order chi connectivity index (χ0) is 40.3. The second kappa shape index (κ2) is 20.1. The highest BCUT2D eigenvalue weighted by molar-refractivity contribution is 7.55. The molecule has 6 rings (SSSR count). The van der Waals surface area contributed by atoms with Crippen LogP contribution >= 0.6 is 7.92 Å². The monoisotopic (exact) mass is 761 g/mol. The van der Waals surface area contributed by atoms with Crippen molar-refractivity contribution in [3.63, 3.8) is 0 Å². The zero-order valence-corrected chi connectivity index (χ0v) is 36.2. The molecule has 0 spiro atoms. The van der Waals surface area contributed by atoms with Crippen LogP contribution in [0.1, 0.15) is 133 Å². The van der Waals surface area contributed by atoms with Gasteiger partial charge in [0.25, 0.3) is 0 Å². The number of fused-ring (bicyclic) bond motifs is 3. The van der Waals surface area contributed by atoms with Crippen LogP contribution in [0, 0.1) is 16.2 Å². The molecule has 3 aromatic rings. The Hall–Kier alpha value is -3.28. The Balaban J connectivity index is 0.000000208. The number of aliphatic hydroxyl groups is 1. The summed E-state index contributed by atoms with van der Waals surface area (Å²) in [6, 6.07) is 18.9. The molecule has 0 radical (unpaired) electrons. The van der Waals surface area contributed by atoms with Gasteiger partial charge in [-0.2, -0.15) is 0 Å². The SMILES string of the molecule is CC(C)(C)Cc1ccc2c(c1)[C@@H](N)CCO2.CC(C)(C)Cc1ccc2c(c1)[C@@H](N=[N+]=[N-])CCO2.CC(C)(C)Cc1ccc2c(c1)[C@H](O)CCO2.CP(C)C. The molecule has 0 aliphatic carbocycles. The van der Waals surface area contributed by atoms with Gasteiger partial charge in [0.1, 0.15) is 17.2 Å². The number of nitrogens with zero attached hydrogens (tertiary/aromatic N) is 3. The second-order valence-corrected chi connectivity index (χ2v) is 21.6. The fraction of sp³-hybridized carbons (Fsp3) is 0.600. The summed E-state index contributed by atoms with van der Waals surface area (Å²) in [5.41, 5.74) is 22.6. The van der Waals surface area contributed by atoms with Gasteiger partial charge in [0, 0.05) is 40.5 Å². The quantitative estimate of drug-likeness (QED) is 0.119. The number of nitrogens with two attached hydrogens (primary N) is 1. The molecule has 3 atom stereocenters. The summed E-state index contributed by atoms with van der Waals surface area (Å²) in [4.78, 5) is 2.93. The molecule has 0 unspecified atom stereocenters. The fourth-order valence-corrected chi connectivity index (χ4v) is 6.67. The average Bonchev–Trinajstić information content (AvgIpc) is 3.04. The first kappa shape index (κ1) is 45.1. The molecule has 0 saturated carbocycles. The van der Waals surface area contributed by atoms with Crippen molar-refractivity contribution >= 4 is 7.92 Å². The second-order valence-electron chi connectivity index (χ2n) is 18.9. The van der Waals surface area contributed by atoms with Crippen LogP contribution in [0.15, 0.2) is 59.7 Å². The maximum absolute atomic E-state index is 9.90. The molecule has 3 N–H and O–H groups in total.